The number of aromatic hydroxyl groups is 1. The highest BCUT2D eigenvalue weighted by Crippen LogP contribution is 2.15. The third-order valence-corrected chi connectivity index (χ3v) is 3.66. The molecule has 3 heterocycles. The number of carboxylic acids is 1. The van der Waals surface area contributed by atoms with Gasteiger partial charge in [-0.25, -0.2) is 9.78 Å². The standard InChI is InChI=1S/C7H8ClNO.C7H9NO2.C6H5NO3/c1-10-7-3-2-4-9-6(7)5-8;1-10-7-3-2-4-8-6(7)5-9;8-4-2-1-3-7-5(4)6(9)10/h2-4H,5H2,1H3;2-4,9H,5H2,1H3;1-3,8H,(H,9,10). The summed E-state index contributed by atoms with van der Waals surface area (Å²) < 4.78 is 9.90. The summed E-state index contributed by atoms with van der Waals surface area (Å²) in [6.45, 7) is -0.0794. The molecule has 0 saturated carbocycles. The van der Waals surface area contributed by atoms with E-state index in [1.165, 1.54) is 18.3 Å². The molecule has 30 heavy (non-hydrogen) atoms. The number of pyridine rings is 3. The number of halogens is 1. The van der Waals surface area contributed by atoms with Gasteiger partial charge >= 0.3 is 5.97 Å². The topological polar surface area (TPSA) is 135 Å². The van der Waals surface area contributed by atoms with E-state index in [1.807, 2.05) is 12.1 Å². The van der Waals surface area contributed by atoms with Gasteiger partial charge in [0.2, 0.25) is 0 Å². The van der Waals surface area contributed by atoms with Gasteiger partial charge in [-0.1, -0.05) is 0 Å². The molecular formula is C20H22ClN3O6. The fraction of sp³-hybridized carbons (Fsp3) is 0.200. The number of aliphatic hydroxyl groups excluding tert-OH is 1. The smallest absolute Gasteiger partial charge is 0.358 e. The van der Waals surface area contributed by atoms with Crippen LogP contribution in [0.25, 0.3) is 0 Å². The molecule has 10 heteroatoms. The zero-order chi connectivity index (χ0) is 22.4. The highest BCUT2D eigenvalue weighted by molar-refractivity contribution is 6.17. The zero-order valence-electron chi connectivity index (χ0n) is 16.4. The van der Waals surface area contributed by atoms with E-state index in [2.05, 4.69) is 15.0 Å². The van der Waals surface area contributed by atoms with E-state index >= 15 is 0 Å². The molecule has 0 aliphatic rings. The van der Waals surface area contributed by atoms with Gasteiger partial charge in [0.05, 0.1) is 32.4 Å². The Hall–Kier alpha value is -3.43. The molecule has 160 valence electrons. The van der Waals surface area contributed by atoms with E-state index in [-0.39, 0.29) is 18.1 Å². The molecule has 0 saturated heterocycles. The lowest BCUT2D eigenvalue weighted by Crippen LogP contribution is -1.99. The summed E-state index contributed by atoms with van der Waals surface area (Å²) in [5, 5.41) is 25.9. The molecule has 0 aliphatic heterocycles. The van der Waals surface area contributed by atoms with Crippen molar-refractivity contribution in [1.82, 2.24) is 15.0 Å². The SMILES string of the molecule is COc1cccnc1CCl.COc1cccnc1CO.O=C(O)c1ncccc1O. The molecule has 0 aliphatic carbocycles. The van der Waals surface area contributed by atoms with Gasteiger partial charge < -0.3 is 24.8 Å². The Kier molecular flexibility index (Phi) is 11.2. The van der Waals surface area contributed by atoms with Crippen LogP contribution in [-0.2, 0) is 12.5 Å². The van der Waals surface area contributed by atoms with Gasteiger partial charge in [-0.05, 0) is 36.4 Å². The molecular weight excluding hydrogens is 414 g/mol. The first-order chi connectivity index (χ1) is 14.5. The summed E-state index contributed by atoms with van der Waals surface area (Å²) >= 11 is 5.57. The van der Waals surface area contributed by atoms with E-state index in [0.717, 1.165) is 11.4 Å². The van der Waals surface area contributed by atoms with Crippen LogP contribution in [0.4, 0.5) is 0 Å². The van der Waals surface area contributed by atoms with Crippen molar-refractivity contribution < 1.29 is 29.6 Å². The molecule has 0 bridgehead atoms. The van der Waals surface area contributed by atoms with Gasteiger partial charge in [0, 0.05) is 18.6 Å². The summed E-state index contributed by atoms with van der Waals surface area (Å²) in [7, 11) is 3.16. The minimum atomic E-state index is -1.22. The molecule has 0 unspecified atom stereocenters. The number of hydrogen-bond acceptors (Lipinski definition) is 8. The van der Waals surface area contributed by atoms with Crippen molar-refractivity contribution in [2.24, 2.45) is 0 Å². The summed E-state index contributed by atoms with van der Waals surface area (Å²) in [6, 6.07) is 9.91. The molecule has 0 aromatic carbocycles. The third-order valence-electron chi connectivity index (χ3n) is 3.40. The van der Waals surface area contributed by atoms with Crippen molar-refractivity contribution in [3.63, 3.8) is 0 Å². The summed E-state index contributed by atoms with van der Waals surface area (Å²) in [6.07, 6.45) is 4.62. The molecule has 0 spiro atoms. The number of aromatic carboxylic acids is 1. The van der Waals surface area contributed by atoms with Crippen molar-refractivity contribution >= 4 is 17.6 Å². The van der Waals surface area contributed by atoms with Crippen LogP contribution >= 0.6 is 11.6 Å². The maximum atomic E-state index is 10.2. The number of rotatable bonds is 5. The third kappa shape index (κ3) is 7.90. The second-order valence-corrected chi connectivity index (χ2v) is 5.54. The lowest BCUT2D eigenvalue weighted by atomic mass is 10.3. The number of methoxy groups -OCH3 is 2. The number of carbonyl (C=O) groups is 1. The number of carboxylic acid groups (broad SMARTS) is 1. The lowest BCUT2D eigenvalue weighted by molar-refractivity contribution is 0.0687. The summed E-state index contributed by atoms with van der Waals surface area (Å²) in [5.74, 6) is 0.236. The van der Waals surface area contributed by atoms with Crippen LogP contribution in [0.15, 0.2) is 55.0 Å². The Labute approximate surface area is 178 Å². The van der Waals surface area contributed by atoms with Gasteiger partial charge in [0.25, 0.3) is 0 Å². The Morgan fingerprint density at radius 3 is 1.80 bits per heavy atom. The van der Waals surface area contributed by atoms with Crippen molar-refractivity contribution in [1.29, 1.82) is 0 Å². The Morgan fingerprint density at radius 2 is 1.43 bits per heavy atom. The molecule has 3 aromatic rings. The average Bonchev–Trinajstić information content (AvgIpc) is 2.79. The second kappa shape index (κ2) is 13.7. The van der Waals surface area contributed by atoms with E-state index in [4.69, 9.17) is 36.4 Å². The number of aliphatic hydroxyl groups is 1. The zero-order valence-corrected chi connectivity index (χ0v) is 17.2. The van der Waals surface area contributed by atoms with Gasteiger partial charge in [-0.3, -0.25) is 9.97 Å². The number of alkyl halides is 1. The lowest BCUT2D eigenvalue weighted by Gasteiger charge is -2.02. The molecule has 0 amide bonds. The monoisotopic (exact) mass is 435 g/mol. The largest absolute Gasteiger partial charge is 0.505 e. The maximum Gasteiger partial charge on any atom is 0.358 e. The molecule has 3 N–H and O–H groups in total. The average molecular weight is 436 g/mol. The van der Waals surface area contributed by atoms with Gasteiger partial charge in [0.15, 0.2) is 5.69 Å². The van der Waals surface area contributed by atoms with Crippen LogP contribution in [0.3, 0.4) is 0 Å². The summed E-state index contributed by atoms with van der Waals surface area (Å²) in [5.41, 5.74) is 1.04. The fourth-order valence-electron chi connectivity index (χ4n) is 2.00. The molecule has 0 atom stereocenters. The van der Waals surface area contributed by atoms with E-state index < -0.39 is 5.97 Å². The minimum absolute atomic E-state index is 0.0794. The highest BCUT2D eigenvalue weighted by Gasteiger charge is 2.08. The normalized spacial score (nSPS) is 9.33. The van der Waals surface area contributed by atoms with Gasteiger partial charge in [0.1, 0.15) is 22.9 Å². The van der Waals surface area contributed by atoms with Crippen molar-refractivity contribution in [3.05, 3.63) is 72.1 Å². The van der Waals surface area contributed by atoms with E-state index in [9.17, 15) is 4.79 Å². The number of ether oxygens (including phenoxy) is 2. The van der Waals surface area contributed by atoms with Gasteiger partial charge in [-0.2, -0.15) is 0 Å². The van der Waals surface area contributed by atoms with Crippen LogP contribution < -0.4 is 9.47 Å². The van der Waals surface area contributed by atoms with Crippen molar-refractivity contribution in [2.75, 3.05) is 14.2 Å². The summed E-state index contributed by atoms with van der Waals surface area (Å²) in [4.78, 5) is 21.5. The van der Waals surface area contributed by atoms with Crippen LogP contribution in [0.5, 0.6) is 17.2 Å². The van der Waals surface area contributed by atoms with Crippen LogP contribution in [0.2, 0.25) is 0 Å². The predicted octanol–water partition coefficient (Wildman–Crippen LogP) is 2.90. The molecule has 3 aromatic heterocycles. The quantitative estimate of drug-likeness (QED) is 0.517. The predicted molar refractivity (Wildman–Crippen MR) is 110 cm³/mol. The maximum absolute atomic E-state index is 10.2. The number of nitrogens with zero attached hydrogens (tertiary/aromatic N) is 3. The first kappa shape index (κ1) is 24.6. The number of hydrogen-bond donors (Lipinski definition) is 3. The fourth-order valence-corrected chi connectivity index (χ4v) is 2.20. The second-order valence-electron chi connectivity index (χ2n) is 5.27. The first-order valence-electron chi connectivity index (χ1n) is 8.48. The highest BCUT2D eigenvalue weighted by atomic mass is 35.5. The van der Waals surface area contributed by atoms with Crippen molar-refractivity contribution in [2.45, 2.75) is 12.5 Å². The van der Waals surface area contributed by atoms with Crippen LogP contribution in [0.1, 0.15) is 21.9 Å². The van der Waals surface area contributed by atoms with Crippen molar-refractivity contribution in [3.8, 4) is 17.2 Å². The Balaban J connectivity index is 0.000000225. The molecule has 0 radical (unpaired) electrons. The van der Waals surface area contributed by atoms with Crippen LogP contribution in [0, 0.1) is 0 Å². The Morgan fingerprint density at radius 1 is 0.933 bits per heavy atom. The van der Waals surface area contributed by atoms with E-state index in [1.54, 1.807) is 38.7 Å². The molecule has 3 rings (SSSR count). The number of aromatic nitrogens is 3. The Bertz CT molecular complexity index is 833. The van der Waals surface area contributed by atoms with Gasteiger partial charge in [-0.15, -0.1) is 11.6 Å². The van der Waals surface area contributed by atoms with Crippen LogP contribution in [-0.4, -0.2) is 50.5 Å². The first-order valence-corrected chi connectivity index (χ1v) is 9.01. The molecule has 0 fully saturated rings. The molecule has 9 nitrogen and oxygen atoms in total. The minimum Gasteiger partial charge on any atom is -0.505 e. The van der Waals surface area contributed by atoms with E-state index in [0.29, 0.717) is 17.3 Å².